The van der Waals surface area contributed by atoms with Crippen LogP contribution in [0.5, 0.6) is 0 Å². The van der Waals surface area contributed by atoms with Gasteiger partial charge in [0.2, 0.25) is 5.71 Å². The van der Waals surface area contributed by atoms with E-state index in [9.17, 15) is 0 Å². The largest absolute Gasteiger partial charge is 0.435 e. The average Bonchev–Trinajstić information content (AvgIpc) is 3.48. The Labute approximate surface area is 247 Å². The first-order valence-electron chi connectivity index (χ1n) is 14.0. The van der Waals surface area contributed by atoms with Crippen LogP contribution >= 0.6 is 0 Å². The fourth-order valence-corrected chi connectivity index (χ4v) is 5.36. The number of benzene rings is 4. The van der Waals surface area contributed by atoms with Crippen LogP contribution < -0.4 is 0 Å². The monoisotopic (exact) mass is 553 g/mol. The van der Waals surface area contributed by atoms with Crippen LogP contribution in [-0.4, -0.2) is 24.9 Å². The van der Waals surface area contributed by atoms with Crippen LogP contribution in [0.3, 0.4) is 0 Å². The van der Waals surface area contributed by atoms with Crippen molar-refractivity contribution in [2.45, 2.75) is 0 Å². The van der Waals surface area contributed by atoms with Crippen molar-refractivity contribution in [2.24, 2.45) is 0 Å². The first-order valence-corrected chi connectivity index (χ1v) is 14.0. The summed E-state index contributed by atoms with van der Waals surface area (Å²) in [5, 5.41) is 1.98. The van der Waals surface area contributed by atoms with Gasteiger partial charge in [-0.05, 0) is 41.5 Å². The maximum absolute atomic E-state index is 6.16. The molecular weight excluding hydrogens is 530 g/mol. The summed E-state index contributed by atoms with van der Waals surface area (Å²) in [5.74, 6) is 1.89. The lowest BCUT2D eigenvalue weighted by molar-refractivity contribution is 0.653. The second-order valence-electron chi connectivity index (χ2n) is 10.2. The summed E-state index contributed by atoms with van der Waals surface area (Å²) in [6, 6.07) is 42.6. The third-order valence-electron chi connectivity index (χ3n) is 7.45. The molecule has 0 aliphatic carbocycles. The van der Waals surface area contributed by atoms with Crippen molar-refractivity contribution in [3.63, 3.8) is 0 Å². The first-order chi connectivity index (χ1) is 21.3. The van der Waals surface area contributed by atoms with Crippen LogP contribution in [0.1, 0.15) is 0 Å². The Balaban J connectivity index is 1.22. The van der Waals surface area contributed by atoms with E-state index in [2.05, 4.69) is 35.3 Å². The van der Waals surface area contributed by atoms with E-state index in [1.54, 1.807) is 6.20 Å². The Morgan fingerprint density at radius 3 is 1.63 bits per heavy atom. The fraction of sp³-hybridized carbons (Fsp3) is 0. The Morgan fingerprint density at radius 1 is 0.395 bits per heavy atom. The maximum atomic E-state index is 6.16. The van der Waals surface area contributed by atoms with E-state index in [4.69, 9.17) is 24.4 Å². The molecular formula is C37H23N5O. The lowest BCUT2D eigenvalue weighted by atomic mass is 9.99. The van der Waals surface area contributed by atoms with Crippen molar-refractivity contribution in [1.29, 1.82) is 0 Å². The minimum atomic E-state index is 0.609. The van der Waals surface area contributed by atoms with Crippen molar-refractivity contribution in [3.05, 3.63) is 140 Å². The van der Waals surface area contributed by atoms with Crippen LogP contribution in [-0.2, 0) is 0 Å². The molecule has 0 radical (unpaired) electrons. The van der Waals surface area contributed by atoms with Gasteiger partial charge in [-0.1, -0.05) is 97.1 Å². The minimum absolute atomic E-state index is 0.609. The van der Waals surface area contributed by atoms with Crippen molar-refractivity contribution in [2.75, 3.05) is 0 Å². The van der Waals surface area contributed by atoms with Crippen molar-refractivity contribution >= 4 is 22.1 Å². The van der Waals surface area contributed by atoms with Gasteiger partial charge in [0, 0.05) is 45.4 Å². The third kappa shape index (κ3) is 4.61. The summed E-state index contributed by atoms with van der Waals surface area (Å²) in [6.07, 6.45) is 3.56. The summed E-state index contributed by atoms with van der Waals surface area (Å²) in [5.41, 5.74) is 7.96. The van der Waals surface area contributed by atoms with Crippen molar-refractivity contribution in [1.82, 2.24) is 24.9 Å². The van der Waals surface area contributed by atoms with Gasteiger partial charge in [0.05, 0.1) is 0 Å². The van der Waals surface area contributed by atoms with E-state index >= 15 is 0 Å². The maximum Gasteiger partial charge on any atom is 0.227 e. The van der Waals surface area contributed by atoms with Crippen LogP contribution in [0.15, 0.2) is 144 Å². The summed E-state index contributed by atoms with van der Waals surface area (Å²) >= 11 is 0. The number of fused-ring (bicyclic) bond motifs is 3. The molecule has 0 fully saturated rings. The molecule has 0 unspecified atom stereocenters. The van der Waals surface area contributed by atoms with Crippen LogP contribution in [0.4, 0.5) is 0 Å². The molecule has 202 valence electrons. The lowest BCUT2D eigenvalue weighted by Gasteiger charge is -2.10. The molecule has 0 spiro atoms. The highest BCUT2D eigenvalue weighted by Crippen LogP contribution is 2.35. The standard InChI is InChI=1S/C37H23N5O/c1-3-10-24(11-4-1)34-40-35(25-12-5-2-6-13-25)42-36(41-34)29-17-8-15-27(23-29)26-14-7-16-28(22-26)32-33-30(19-21-38-32)31-18-9-20-39-37(31)43-33/h1-23H. The molecule has 6 nitrogen and oxygen atoms in total. The van der Waals surface area contributed by atoms with E-state index in [0.29, 0.717) is 23.2 Å². The molecule has 0 N–H and O–H groups in total. The normalized spacial score (nSPS) is 11.3. The zero-order chi connectivity index (χ0) is 28.6. The number of pyridine rings is 2. The predicted molar refractivity (Wildman–Crippen MR) is 170 cm³/mol. The number of nitrogens with zero attached hydrogens (tertiary/aromatic N) is 5. The van der Waals surface area contributed by atoms with Gasteiger partial charge in [0.15, 0.2) is 23.1 Å². The highest BCUT2D eigenvalue weighted by molar-refractivity contribution is 6.07. The van der Waals surface area contributed by atoms with Gasteiger partial charge in [-0.25, -0.2) is 19.9 Å². The summed E-state index contributed by atoms with van der Waals surface area (Å²) in [4.78, 5) is 23.7. The van der Waals surface area contributed by atoms with Gasteiger partial charge in [-0.3, -0.25) is 4.98 Å². The third-order valence-corrected chi connectivity index (χ3v) is 7.45. The molecule has 8 aromatic rings. The number of rotatable bonds is 5. The molecule has 0 aliphatic heterocycles. The van der Waals surface area contributed by atoms with Crippen LogP contribution in [0.2, 0.25) is 0 Å². The smallest absolute Gasteiger partial charge is 0.227 e. The van der Waals surface area contributed by atoms with E-state index < -0.39 is 0 Å². The van der Waals surface area contributed by atoms with Crippen LogP contribution in [0, 0.1) is 0 Å². The Kier molecular flexibility index (Phi) is 6.01. The van der Waals surface area contributed by atoms with Gasteiger partial charge < -0.3 is 4.42 Å². The molecule has 0 saturated heterocycles. The Morgan fingerprint density at radius 2 is 0.953 bits per heavy atom. The topological polar surface area (TPSA) is 77.6 Å². The average molecular weight is 554 g/mol. The minimum Gasteiger partial charge on any atom is -0.435 e. The van der Waals surface area contributed by atoms with Gasteiger partial charge in [-0.15, -0.1) is 0 Å². The van der Waals surface area contributed by atoms with E-state index in [1.807, 2.05) is 103 Å². The lowest BCUT2D eigenvalue weighted by Crippen LogP contribution is -2.00. The molecule has 0 aliphatic rings. The SMILES string of the molecule is c1ccc(-c2nc(-c3ccccc3)nc(-c3cccc(-c4cccc(-c5nccc6c5oc5ncccc56)c4)c3)n2)cc1. The van der Waals surface area contributed by atoms with E-state index in [1.165, 1.54) is 0 Å². The van der Waals surface area contributed by atoms with Gasteiger partial charge in [-0.2, -0.15) is 0 Å². The summed E-state index contributed by atoms with van der Waals surface area (Å²) in [7, 11) is 0. The quantitative estimate of drug-likeness (QED) is 0.212. The second kappa shape index (κ2) is 10.4. The molecule has 6 heteroatoms. The highest BCUT2D eigenvalue weighted by Gasteiger charge is 2.16. The number of hydrogen-bond donors (Lipinski definition) is 0. The molecule has 4 aromatic carbocycles. The summed E-state index contributed by atoms with van der Waals surface area (Å²) in [6.45, 7) is 0. The molecule has 0 atom stereocenters. The number of hydrogen-bond acceptors (Lipinski definition) is 6. The molecule has 8 rings (SSSR count). The molecule has 0 amide bonds. The van der Waals surface area contributed by atoms with Gasteiger partial charge >= 0.3 is 0 Å². The zero-order valence-corrected chi connectivity index (χ0v) is 22.9. The van der Waals surface area contributed by atoms with Crippen molar-refractivity contribution < 1.29 is 4.42 Å². The molecule has 0 bridgehead atoms. The Bertz CT molecular complexity index is 2190. The second-order valence-corrected chi connectivity index (χ2v) is 10.2. The van der Waals surface area contributed by atoms with Crippen molar-refractivity contribution in [3.8, 4) is 56.5 Å². The van der Waals surface area contributed by atoms with Crippen LogP contribution in [0.25, 0.3) is 78.6 Å². The highest BCUT2D eigenvalue weighted by atomic mass is 16.3. The number of furan rings is 1. The van der Waals surface area contributed by atoms with E-state index in [-0.39, 0.29) is 0 Å². The Hall–Kier alpha value is -6.01. The zero-order valence-electron chi connectivity index (χ0n) is 22.9. The van der Waals surface area contributed by atoms with E-state index in [0.717, 1.165) is 55.4 Å². The molecule has 0 saturated carbocycles. The number of aromatic nitrogens is 5. The van der Waals surface area contributed by atoms with Gasteiger partial charge in [0.25, 0.3) is 0 Å². The molecule has 4 heterocycles. The summed E-state index contributed by atoms with van der Waals surface area (Å²) < 4.78 is 6.16. The fourth-order valence-electron chi connectivity index (χ4n) is 5.36. The molecule has 43 heavy (non-hydrogen) atoms. The first kappa shape index (κ1) is 24.8. The van der Waals surface area contributed by atoms with Gasteiger partial charge in [0.1, 0.15) is 5.69 Å². The molecule has 4 aromatic heterocycles. The predicted octanol–water partition coefficient (Wildman–Crippen LogP) is 8.90.